The summed E-state index contributed by atoms with van der Waals surface area (Å²) in [6.07, 6.45) is 1.54. The highest BCUT2D eigenvalue weighted by atomic mass is 16.3. The average Bonchev–Trinajstić information content (AvgIpc) is 3.17. The molecule has 0 aliphatic carbocycles. The van der Waals surface area contributed by atoms with Gasteiger partial charge in [0.1, 0.15) is 11.5 Å². The minimum Gasteiger partial charge on any atom is -0.464 e. The first-order valence-corrected chi connectivity index (χ1v) is 8.27. The highest BCUT2D eigenvalue weighted by Crippen LogP contribution is 2.18. The molecule has 1 unspecified atom stereocenters. The zero-order valence-corrected chi connectivity index (χ0v) is 14.0. The molecule has 1 N–H and O–H groups in total. The summed E-state index contributed by atoms with van der Waals surface area (Å²) in [5, 5.41) is 2.94. The molecule has 0 bridgehead atoms. The summed E-state index contributed by atoms with van der Waals surface area (Å²) < 4.78 is 5.55. The fraction of sp³-hybridized carbons (Fsp3) is 0.368. The third-order valence-corrected chi connectivity index (χ3v) is 4.27. The predicted octanol–water partition coefficient (Wildman–Crippen LogP) is 3.20. The lowest BCUT2D eigenvalue weighted by Gasteiger charge is -2.16. The second-order valence-corrected chi connectivity index (χ2v) is 6.26. The quantitative estimate of drug-likeness (QED) is 0.918. The van der Waals surface area contributed by atoms with E-state index in [0.29, 0.717) is 18.5 Å². The van der Waals surface area contributed by atoms with Gasteiger partial charge in [0.15, 0.2) is 0 Å². The molecule has 1 aromatic carbocycles. The summed E-state index contributed by atoms with van der Waals surface area (Å²) in [5.74, 6) is 1.60. The van der Waals surface area contributed by atoms with E-state index in [9.17, 15) is 9.59 Å². The largest absolute Gasteiger partial charge is 0.464 e. The number of nitrogens with one attached hydrogen (secondary N) is 1. The molecular formula is C19H22N2O3. The van der Waals surface area contributed by atoms with E-state index in [0.717, 1.165) is 30.0 Å². The topological polar surface area (TPSA) is 62.6 Å². The number of hydrogen-bond donors (Lipinski definition) is 1. The molecule has 2 heterocycles. The molecule has 1 atom stereocenters. The van der Waals surface area contributed by atoms with Crippen LogP contribution in [0.1, 0.15) is 53.2 Å². The molecule has 1 saturated heterocycles. The second-order valence-electron chi connectivity index (χ2n) is 6.26. The van der Waals surface area contributed by atoms with Crippen molar-refractivity contribution >= 4 is 11.8 Å². The van der Waals surface area contributed by atoms with E-state index in [4.69, 9.17) is 4.42 Å². The van der Waals surface area contributed by atoms with E-state index in [1.54, 1.807) is 6.07 Å². The number of aryl methyl sites for hydroxylation is 1. The number of rotatable bonds is 5. The summed E-state index contributed by atoms with van der Waals surface area (Å²) in [7, 11) is 0. The van der Waals surface area contributed by atoms with Crippen molar-refractivity contribution in [3.63, 3.8) is 0 Å². The summed E-state index contributed by atoms with van der Waals surface area (Å²) in [6, 6.07) is 11.0. The third kappa shape index (κ3) is 3.67. The van der Waals surface area contributed by atoms with Crippen molar-refractivity contribution < 1.29 is 14.0 Å². The molecule has 0 saturated carbocycles. The van der Waals surface area contributed by atoms with Gasteiger partial charge in [-0.15, -0.1) is 0 Å². The lowest BCUT2D eigenvalue weighted by Crippen LogP contribution is -2.27. The lowest BCUT2D eigenvalue weighted by molar-refractivity contribution is -0.128. The molecule has 0 spiro atoms. The van der Waals surface area contributed by atoms with Gasteiger partial charge in [0.25, 0.3) is 5.91 Å². The van der Waals surface area contributed by atoms with Gasteiger partial charge in [-0.2, -0.15) is 0 Å². The van der Waals surface area contributed by atoms with Crippen molar-refractivity contribution in [3.8, 4) is 0 Å². The van der Waals surface area contributed by atoms with Gasteiger partial charge in [0.2, 0.25) is 5.91 Å². The molecule has 5 heteroatoms. The van der Waals surface area contributed by atoms with E-state index < -0.39 is 0 Å². The first-order chi connectivity index (χ1) is 11.5. The molecule has 1 aliphatic heterocycles. The Morgan fingerprint density at radius 2 is 2.17 bits per heavy atom. The minimum absolute atomic E-state index is 0.147. The van der Waals surface area contributed by atoms with E-state index in [2.05, 4.69) is 5.32 Å². The monoisotopic (exact) mass is 326 g/mol. The Morgan fingerprint density at radius 1 is 1.33 bits per heavy atom. The van der Waals surface area contributed by atoms with Gasteiger partial charge in [0.05, 0.1) is 6.04 Å². The van der Waals surface area contributed by atoms with Gasteiger partial charge in [-0.05, 0) is 50.1 Å². The van der Waals surface area contributed by atoms with Crippen LogP contribution < -0.4 is 5.32 Å². The number of nitrogens with zero attached hydrogens (tertiary/aromatic N) is 1. The number of furan rings is 1. The maximum Gasteiger partial charge on any atom is 0.251 e. The standard InChI is InChI=1S/C19H22N2O3/c1-13-8-9-17(24-13)14(2)20-19(23)16-6-3-5-15(11-16)12-21-10-4-7-18(21)22/h3,5-6,8-9,11,14H,4,7,10,12H2,1-2H3,(H,20,23). The molecular weight excluding hydrogens is 304 g/mol. The van der Waals surface area contributed by atoms with Crippen LogP contribution in [0.3, 0.4) is 0 Å². The number of benzene rings is 1. The number of carbonyl (C=O) groups is 2. The molecule has 1 aliphatic rings. The Morgan fingerprint density at radius 3 is 2.83 bits per heavy atom. The Labute approximate surface area is 141 Å². The lowest BCUT2D eigenvalue weighted by atomic mass is 10.1. The Balaban J connectivity index is 1.66. The molecule has 1 fully saturated rings. The van der Waals surface area contributed by atoms with Crippen molar-refractivity contribution in [1.82, 2.24) is 10.2 Å². The van der Waals surface area contributed by atoms with Gasteiger partial charge in [-0.3, -0.25) is 9.59 Å². The summed E-state index contributed by atoms with van der Waals surface area (Å²) >= 11 is 0. The van der Waals surface area contributed by atoms with Crippen LogP contribution in [0.5, 0.6) is 0 Å². The number of amides is 2. The van der Waals surface area contributed by atoms with Crippen LogP contribution in [0.2, 0.25) is 0 Å². The van der Waals surface area contributed by atoms with Gasteiger partial charge >= 0.3 is 0 Å². The molecule has 2 aromatic rings. The van der Waals surface area contributed by atoms with Crippen molar-refractivity contribution in [2.75, 3.05) is 6.54 Å². The van der Waals surface area contributed by atoms with Crippen LogP contribution in [0, 0.1) is 6.92 Å². The van der Waals surface area contributed by atoms with Crippen LogP contribution >= 0.6 is 0 Å². The second kappa shape index (κ2) is 6.91. The van der Waals surface area contributed by atoms with Gasteiger partial charge in [-0.25, -0.2) is 0 Å². The van der Waals surface area contributed by atoms with Crippen LogP contribution in [0.15, 0.2) is 40.8 Å². The maximum absolute atomic E-state index is 12.5. The Bertz CT molecular complexity index is 751. The zero-order chi connectivity index (χ0) is 17.1. The van der Waals surface area contributed by atoms with Gasteiger partial charge in [-0.1, -0.05) is 12.1 Å². The van der Waals surface area contributed by atoms with Crippen LogP contribution in [0.25, 0.3) is 0 Å². The summed E-state index contributed by atoms with van der Waals surface area (Å²) in [4.78, 5) is 26.0. The van der Waals surface area contributed by atoms with Crippen molar-refractivity contribution in [2.24, 2.45) is 0 Å². The van der Waals surface area contributed by atoms with E-state index in [1.807, 2.05) is 49.1 Å². The highest BCUT2D eigenvalue weighted by Gasteiger charge is 2.20. The van der Waals surface area contributed by atoms with Crippen LogP contribution in [-0.2, 0) is 11.3 Å². The van der Waals surface area contributed by atoms with Crippen LogP contribution in [0.4, 0.5) is 0 Å². The van der Waals surface area contributed by atoms with Crippen LogP contribution in [-0.4, -0.2) is 23.3 Å². The summed E-state index contributed by atoms with van der Waals surface area (Å²) in [5.41, 5.74) is 1.56. The number of hydrogen-bond acceptors (Lipinski definition) is 3. The Kier molecular flexibility index (Phi) is 4.69. The first kappa shape index (κ1) is 16.3. The summed E-state index contributed by atoms with van der Waals surface area (Å²) in [6.45, 7) is 5.13. The van der Waals surface area contributed by atoms with E-state index >= 15 is 0 Å². The number of likely N-dealkylation sites (tertiary alicyclic amines) is 1. The van der Waals surface area contributed by atoms with Gasteiger partial charge < -0.3 is 14.6 Å². The predicted molar refractivity (Wildman–Crippen MR) is 90.4 cm³/mol. The van der Waals surface area contributed by atoms with E-state index in [1.165, 1.54) is 0 Å². The zero-order valence-electron chi connectivity index (χ0n) is 14.0. The molecule has 3 rings (SSSR count). The fourth-order valence-electron chi connectivity index (χ4n) is 2.94. The number of carbonyl (C=O) groups excluding carboxylic acids is 2. The van der Waals surface area contributed by atoms with Gasteiger partial charge in [0, 0.05) is 25.1 Å². The first-order valence-electron chi connectivity index (χ1n) is 8.27. The fourth-order valence-corrected chi connectivity index (χ4v) is 2.94. The molecule has 24 heavy (non-hydrogen) atoms. The van der Waals surface area contributed by atoms with Crippen molar-refractivity contribution in [3.05, 3.63) is 59.0 Å². The minimum atomic E-state index is -0.199. The molecule has 5 nitrogen and oxygen atoms in total. The van der Waals surface area contributed by atoms with E-state index in [-0.39, 0.29) is 17.9 Å². The molecule has 2 amide bonds. The van der Waals surface area contributed by atoms with Crippen molar-refractivity contribution in [1.29, 1.82) is 0 Å². The average molecular weight is 326 g/mol. The normalized spacial score (nSPS) is 15.6. The maximum atomic E-state index is 12.5. The highest BCUT2D eigenvalue weighted by molar-refractivity contribution is 5.94. The van der Waals surface area contributed by atoms with Crippen molar-refractivity contribution in [2.45, 2.75) is 39.3 Å². The molecule has 0 radical (unpaired) electrons. The smallest absolute Gasteiger partial charge is 0.251 e. The Hall–Kier alpha value is -2.56. The molecule has 1 aromatic heterocycles. The SMILES string of the molecule is Cc1ccc(C(C)NC(=O)c2cccc(CN3CCCC3=O)c2)o1. The third-order valence-electron chi connectivity index (χ3n) is 4.27. The molecule has 126 valence electrons.